The SMILES string of the molecule is CC(C)(C)OC(=O)NCCCOCCOCCOCCCNC(=O)CC1c2ccccc2-c2ccccc21. The monoisotopic (exact) mass is 526 g/mol. The van der Waals surface area contributed by atoms with Gasteiger partial charge in [0.05, 0.1) is 26.4 Å². The van der Waals surface area contributed by atoms with Crippen LogP contribution >= 0.6 is 0 Å². The highest BCUT2D eigenvalue weighted by Crippen LogP contribution is 2.45. The number of carbonyl (C=O) groups excluding carboxylic acids is 2. The zero-order valence-electron chi connectivity index (χ0n) is 22.9. The van der Waals surface area contributed by atoms with E-state index in [1.807, 2.05) is 45.0 Å². The van der Waals surface area contributed by atoms with Gasteiger partial charge in [-0.15, -0.1) is 0 Å². The smallest absolute Gasteiger partial charge is 0.407 e. The fourth-order valence-electron chi connectivity index (χ4n) is 4.36. The van der Waals surface area contributed by atoms with Gasteiger partial charge >= 0.3 is 6.09 Å². The summed E-state index contributed by atoms with van der Waals surface area (Å²) in [5.41, 5.74) is 4.43. The van der Waals surface area contributed by atoms with Crippen LogP contribution in [0, 0.1) is 0 Å². The van der Waals surface area contributed by atoms with E-state index in [0.717, 1.165) is 6.42 Å². The van der Waals surface area contributed by atoms with Gasteiger partial charge in [-0.3, -0.25) is 4.79 Å². The number of alkyl carbamates (subject to hydrolysis) is 1. The molecule has 2 N–H and O–H groups in total. The minimum absolute atomic E-state index is 0.0606. The number of hydrogen-bond donors (Lipinski definition) is 2. The van der Waals surface area contributed by atoms with Crippen LogP contribution in [0.5, 0.6) is 0 Å². The standard InChI is InChI=1S/C30H42N2O6/c1-30(2,3)38-29(34)32-15-9-17-36-19-21-37-20-18-35-16-8-14-31-28(33)22-27-25-12-6-4-10-23(25)24-11-5-7-13-26(24)27/h4-7,10-13,27H,8-9,14-22H2,1-3H3,(H,31,33)(H,32,34). The van der Waals surface area contributed by atoms with Gasteiger partial charge in [0.1, 0.15) is 5.60 Å². The molecule has 0 heterocycles. The molecule has 0 saturated heterocycles. The van der Waals surface area contributed by atoms with Crippen LogP contribution < -0.4 is 10.6 Å². The zero-order chi connectivity index (χ0) is 27.2. The van der Waals surface area contributed by atoms with Crippen molar-refractivity contribution in [2.24, 2.45) is 0 Å². The van der Waals surface area contributed by atoms with Crippen molar-refractivity contribution >= 4 is 12.0 Å². The van der Waals surface area contributed by atoms with Gasteiger partial charge in [0, 0.05) is 38.6 Å². The summed E-state index contributed by atoms with van der Waals surface area (Å²) in [4.78, 5) is 24.1. The molecule has 0 bridgehead atoms. The summed E-state index contributed by atoms with van der Waals surface area (Å²) in [6.45, 7) is 9.69. The molecule has 0 spiro atoms. The molecule has 0 radical (unpaired) electrons. The lowest BCUT2D eigenvalue weighted by Crippen LogP contribution is -2.33. The Morgan fingerprint density at radius 3 is 1.71 bits per heavy atom. The fourth-order valence-corrected chi connectivity index (χ4v) is 4.36. The summed E-state index contributed by atoms with van der Waals surface area (Å²) in [6, 6.07) is 16.7. The maximum absolute atomic E-state index is 12.6. The Labute approximate surface area is 226 Å². The number of carbonyl (C=O) groups is 2. The van der Waals surface area contributed by atoms with Crippen LogP contribution in [0.4, 0.5) is 4.79 Å². The molecule has 8 nitrogen and oxygen atoms in total. The Kier molecular flexibility index (Phi) is 12.1. The van der Waals surface area contributed by atoms with Crippen molar-refractivity contribution in [1.29, 1.82) is 0 Å². The first-order valence-electron chi connectivity index (χ1n) is 13.5. The number of rotatable bonds is 16. The predicted molar refractivity (Wildman–Crippen MR) is 147 cm³/mol. The van der Waals surface area contributed by atoms with Crippen LogP contribution in [0.2, 0.25) is 0 Å². The molecular weight excluding hydrogens is 484 g/mol. The lowest BCUT2D eigenvalue weighted by atomic mass is 9.93. The first kappa shape index (κ1) is 29.6. The zero-order valence-corrected chi connectivity index (χ0v) is 22.9. The minimum atomic E-state index is -0.492. The summed E-state index contributed by atoms with van der Waals surface area (Å²) in [5, 5.41) is 5.73. The average Bonchev–Trinajstić information content (AvgIpc) is 3.19. The highest BCUT2D eigenvalue weighted by Gasteiger charge is 2.29. The lowest BCUT2D eigenvalue weighted by Gasteiger charge is -2.19. The molecule has 0 aromatic heterocycles. The summed E-state index contributed by atoms with van der Waals surface area (Å²) in [6.07, 6.45) is 1.50. The minimum Gasteiger partial charge on any atom is -0.444 e. The number of fused-ring (bicyclic) bond motifs is 3. The molecule has 2 aromatic carbocycles. The summed E-state index contributed by atoms with van der Waals surface area (Å²) >= 11 is 0. The molecule has 3 rings (SSSR count). The van der Waals surface area contributed by atoms with Crippen molar-refractivity contribution in [3.63, 3.8) is 0 Å². The third-order valence-electron chi connectivity index (χ3n) is 6.02. The van der Waals surface area contributed by atoms with E-state index >= 15 is 0 Å². The molecular formula is C30H42N2O6. The van der Waals surface area contributed by atoms with E-state index in [0.29, 0.717) is 65.6 Å². The number of benzene rings is 2. The van der Waals surface area contributed by atoms with E-state index in [-0.39, 0.29) is 11.8 Å². The second-order valence-electron chi connectivity index (χ2n) is 10.3. The Morgan fingerprint density at radius 1 is 0.711 bits per heavy atom. The van der Waals surface area contributed by atoms with E-state index in [1.165, 1.54) is 22.3 Å². The molecule has 208 valence electrons. The number of ether oxygens (including phenoxy) is 4. The summed E-state index contributed by atoms with van der Waals surface area (Å²) in [7, 11) is 0. The first-order chi connectivity index (χ1) is 18.3. The van der Waals surface area contributed by atoms with Crippen LogP contribution in [0.3, 0.4) is 0 Å². The maximum Gasteiger partial charge on any atom is 0.407 e. The third kappa shape index (κ3) is 10.1. The van der Waals surface area contributed by atoms with Crippen molar-refractivity contribution in [3.8, 4) is 11.1 Å². The van der Waals surface area contributed by atoms with Crippen molar-refractivity contribution in [1.82, 2.24) is 10.6 Å². The van der Waals surface area contributed by atoms with Gasteiger partial charge in [-0.05, 0) is 55.9 Å². The Balaban J connectivity index is 1.14. The molecule has 0 saturated carbocycles. The normalized spacial score (nSPS) is 12.6. The van der Waals surface area contributed by atoms with E-state index in [2.05, 4.69) is 34.9 Å². The van der Waals surface area contributed by atoms with Gasteiger partial charge in [-0.25, -0.2) is 4.79 Å². The molecule has 38 heavy (non-hydrogen) atoms. The highest BCUT2D eigenvalue weighted by atomic mass is 16.6. The van der Waals surface area contributed by atoms with Gasteiger partial charge in [0.25, 0.3) is 0 Å². The number of nitrogens with one attached hydrogen (secondary N) is 2. The van der Waals surface area contributed by atoms with Crippen LogP contribution in [-0.4, -0.2) is 70.3 Å². The predicted octanol–water partition coefficient (Wildman–Crippen LogP) is 4.66. The van der Waals surface area contributed by atoms with Gasteiger partial charge in [-0.1, -0.05) is 48.5 Å². The average molecular weight is 527 g/mol. The molecule has 0 atom stereocenters. The van der Waals surface area contributed by atoms with Gasteiger partial charge < -0.3 is 29.6 Å². The van der Waals surface area contributed by atoms with Crippen molar-refractivity contribution in [2.45, 2.75) is 51.6 Å². The summed E-state index contributed by atoms with van der Waals surface area (Å²) < 4.78 is 21.7. The third-order valence-corrected chi connectivity index (χ3v) is 6.02. The molecule has 2 aromatic rings. The molecule has 0 aliphatic heterocycles. The van der Waals surface area contributed by atoms with Crippen LogP contribution in [0.15, 0.2) is 48.5 Å². The van der Waals surface area contributed by atoms with Crippen molar-refractivity contribution in [3.05, 3.63) is 59.7 Å². The van der Waals surface area contributed by atoms with E-state index in [4.69, 9.17) is 18.9 Å². The van der Waals surface area contributed by atoms with E-state index < -0.39 is 11.7 Å². The molecule has 1 aliphatic rings. The first-order valence-corrected chi connectivity index (χ1v) is 13.5. The van der Waals surface area contributed by atoms with Gasteiger partial charge in [0.2, 0.25) is 5.91 Å². The van der Waals surface area contributed by atoms with Crippen LogP contribution in [-0.2, 0) is 23.7 Å². The lowest BCUT2D eigenvalue weighted by molar-refractivity contribution is -0.121. The van der Waals surface area contributed by atoms with Crippen molar-refractivity contribution in [2.75, 3.05) is 52.7 Å². The van der Waals surface area contributed by atoms with Gasteiger partial charge in [0.15, 0.2) is 0 Å². The van der Waals surface area contributed by atoms with Crippen molar-refractivity contribution < 1.29 is 28.5 Å². The second-order valence-corrected chi connectivity index (χ2v) is 10.3. The van der Waals surface area contributed by atoms with Crippen LogP contribution in [0.1, 0.15) is 57.1 Å². The maximum atomic E-state index is 12.6. The highest BCUT2D eigenvalue weighted by molar-refractivity contribution is 5.84. The topological polar surface area (TPSA) is 95.1 Å². The quantitative estimate of drug-likeness (QED) is 0.309. The molecule has 0 unspecified atom stereocenters. The Hall–Kier alpha value is -2.94. The van der Waals surface area contributed by atoms with E-state index in [9.17, 15) is 9.59 Å². The fraction of sp³-hybridized carbons (Fsp3) is 0.533. The molecule has 1 aliphatic carbocycles. The van der Waals surface area contributed by atoms with Gasteiger partial charge in [-0.2, -0.15) is 0 Å². The largest absolute Gasteiger partial charge is 0.444 e. The molecule has 2 amide bonds. The Morgan fingerprint density at radius 2 is 1.18 bits per heavy atom. The number of hydrogen-bond acceptors (Lipinski definition) is 6. The van der Waals surface area contributed by atoms with E-state index in [1.54, 1.807) is 0 Å². The number of amides is 2. The summed E-state index contributed by atoms with van der Waals surface area (Å²) in [5.74, 6) is 0.166. The Bertz CT molecular complexity index is 974. The molecule has 0 fully saturated rings. The molecule has 8 heteroatoms. The van der Waals surface area contributed by atoms with Crippen LogP contribution in [0.25, 0.3) is 11.1 Å². The second kappa shape index (κ2) is 15.5.